The number of nitrogens with two attached hydrogens (primary N) is 1. The second-order valence-corrected chi connectivity index (χ2v) is 6.19. The molecule has 0 aromatic heterocycles. The Labute approximate surface area is 110 Å². The molecule has 2 rings (SSSR count). The fourth-order valence-electron chi connectivity index (χ4n) is 2.88. The van der Waals surface area contributed by atoms with E-state index in [1.807, 2.05) is 0 Å². The Kier molecular flexibility index (Phi) is 4.08. The topological polar surface area (TPSA) is 46.2 Å². The van der Waals surface area contributed by atoms with Crippen LogP contribution in [-0.4, -0.2) is 11.7 Å². The first-order valence-corrected chi connectivity index (χ1v) is 7.03. The summed E-state index contributed by atoms with van der Waals surface area (Å²) in [5, 5.41) is 9.56. The van der Waals surface area contributed by atoms with Gasteiger partial charge in [-0.1, -0.05) is 44.5 Å². The lowest BCUT2D eigenvalue weighted by atomic mass is 9.63. The van der Waals surface area contributed by atoms with Crippen molar-refractivity contribution in [3.8, 4) is 0 Å². The number of aliphatic hydroxyl groups is 1. The predicted molar refractivity (Wildman–Crippen MR) is 75.3 cm³/mol. The number of hydrogen-bond acceptors (Lipinski definition) is 2. The maximum Gasteiger partial charge on any atom is 0.0505 e. The Morgan fingerprint density at radius 3 is 2.22 bits per heavy atom. The Balaban J connectivity index is 2.09. The smallest absolute Gasteiger partial charge is 0.0505 e. The average molecular weight is 247 g/mol. The largest absolute Gasteiger partial charge is 0.396 e. The summed E-state index contributed by atoms with van der Waals surface area (Å²) >= 11 is 0. The van der Waals surface area contributed by atoms with Gasteiger partial charge in [0.05, 0.1) is 6.61 Å². The van der Waals surface area contributed by atoms with Crippen molar-refractivity contribution in [2.24, 2.45) is 17.1 Å². The monoisotopic (exact) mass is 247 g/mol. The molecule has 0 amide bonds. The molecule has 1 unspecified atom stereocenters. The molecule has 1 aliphatic carbocycles. The fraction of sp³-hybridized carbons (Fsp3) is 0.625. The predicted octanol–water partition coefficient (Wildman–Crippen LogP) is 3.05. The Hall–Kier alpha value is -0.860. The summed E-state index contributed by atoms with van der Waals surface area (Å²) in [5.41, 5.74) is 8.81. The van der Waals surface area contributed by atoms with Gasteiger partial charge >= 0.3 is 0 Å². The van der Waals surface area contributed by atoms with Gasteiger partial charge in [-0.25, -0.2) is 0 Å². The highest BCUT2D eigenvalue weighted by atomic mass is 16.3. The molecular weight excluding hydrogens is 222 g/mol. The summed E-state index contributed by atoms with van der Waals surface area (Å²) in [6, 6.07) is 8.61. The second kappa shape index (κ2) is 5.41. The lowest BCUT2D eigenvalue weighted by molar-refractivity contribution is 0.0184. The van der Waals surface area contributed by atoms with E-state index in [0.29, 0.717) is 5.92 Å². The first-order valence-electron chi connectivity index (χ1n) is 7.03. The number of hydrogen-bond donors (Lipinski definition) is 2. The Morgan fingerprint density at radius 2 is 1.83 bits per heavy atom. The van der Waals surface area contributed by atoms with Gasteiger partial charge in [0.1, 0.15) is 0 Å². The Bertz CT molecular complexity index is 373. The molecule has 1 saturated carbocycles. The van der Waals surface area contributed by atoms with E-state index in [4.69, 9.17) is 5.73 Å². The van der Waals surface area contributed by atoms with Crippen LogP contribution in [0.3, 0.4) is 0 Å². The van der Waals surface area contributed by atoms with Crippen LogP contribution in [-0.2, 0) is 6.42 Å². The molecule has 2 heteroatoms. The molecule has 0 radical (unpaired) electrons. The highest BCUT2D eigenvalue weighted by Crippen LogP contribution is 2.48. The third-order valence-corrected chi connectivity index (χ3v) is 4.31. The molecule has 0 aliphatic heterocycles. The molecule has 100 valence electrons. The lowest BCUT2D eigenvalue weighted by Gasteiger charge is -2.45. The van der Waals surface area contributed by atoms with Gasteiger partial charge in [-0.15, -0.1) is 0 Å². The second-order valence-electron chi connectivity index (χ2n) is 6.19. The van der Waals surface area contributed by atoms with Crippen LogP contribution in [0.1, 0.15) is 50.3 Å². The zero-order valence-electron chi connectivity index (χ0n) is 11.5. The van der Waals surface area contributed by atoms with Crippen molar-refractivity contribution in [1.82, 2.24) is 0 Å². The third kappa shape index (κ3) is 2.60. The average Bonchev–Trinajstić information content (AvgIpc) is 2.28. The molecule has 0 spiro atoms. The minimum absolute atomic E-state index is 0.0238. The summed E-state index contributed by atoms with van der Waals surface area (Å²) in [5.74, 6) is 0.680. The van der Waals surface area contributed by atoms with Gasteiger partial charge in [0.15, 0.2) is 0 Å². The van der Waals surface area contributed by atoms with Gasteiger partial charge < -0.3 is 10.8 Å². The van der Waals surface area contributed by atoms with E-state index in [2.05, 4.69) is 38.1 Å². The van der Waals surface area contributed by atoms with Crippen LogP contribution in [0, 0.1) is 11.3 Å². The summed E-state index contributed by atoms with van der Waals surface area (Å²) in [4.78, 5) is 0. The van der Waals surface area contributed by atoms with Crippen LogP contribution in [0.15, 0.2) is 24.3 Å². The van der Waals surface area contributed by atoms with Crippen LogP contribution in [0.25, 0.3) is 0 Å². The lowest BCUT2D eigenvalue weighted by Crippen LogP contribution is -2.43. The van der Waals surface area contributed by atoms with E-state index in [0.717, 1.165) is 24.8 Å². The summed E-state index contributed by atoms with van der Waals surface area (Å²) in [6.45, 7) is 4.67. The quantitative estimate of drug-likeness (QED) is 0.840. The van der Waals surface area contributed by atoms with E-state index < -0.39 is 0 Å². The molecule has 1 fully saturated rings. The Morgan fingerprint density at radius 1 is 1.22 bits per heavy atom. The molecule has 1 aliphatic rings. The highest BCUT2D eigenvalue weighted by molar-refractivity contribution is 5.27. The van der Waals surface area contributed by atoms with Gasteiger partial charge in [-0.2, -0.15) is 0 Å². The number of benzene rings is 1. The fourth-order valence-corrected chi connectivity index (χ4v) is 2.88. The van der Waals surface area contributed by atoms with Crippen LogP contribution in [0.2, 0.25) is 0 Å². The first-order chi connectivity index (χ1) is 8.57. The molecule has 3 N–H and O–H groups in total. The number of rotatable bonds is 5. The number of aliphatic hydroxyl groups excluding tert-OH is 1. The molecule has 1 atom stereocenters. The van der Waals surface area contributed by atoms with E-state index in [1.165, 1.54) is 12.0 Å². The van der Waals surface area contributed by atoms with Gasteiger partial charge in [0.25, 0.3) is 0 Å². The molecule has 1 aromatic carbocycles. The zero-order valence-corrected chi connectivity index (χ0v) is 11.5. The maximum atomic E-state index is 9.56. The molecule has 2 nitrogen and oxygen atoms in total. The van der Waals surface area contributed by atoms with Gasteiger partial charge in [-0.3, -0.25) is 0 Å². The van der Waals surface area contributed by atoms with Gasteiger partial charge in [0, 0.05) is 11.5 Å². The third-order valence-electron chi connectivity index (χ3n) is 4.31. The molecule has 1 aromatic rings. The summed E-state index contributed by atoms with van der Waals surface area (Å²) in [6.07, 6.45) is 4.41. The van der Waals surface area contributed by atoms with Crippen molar-refractivity contribution in [2.75, 3.05) is 6.61 Å². The van der Waals surface area contributed by atoms with Crippen molar-refractivity contribution in [1.29, 1.82) is 0 Å². The highest BCUT2D eigenvalue weighted by Gasteiger charge is 2.42. The first kappa shape index (κ1) is 13.6. The van der Waals surface area contributed by atoms with Gasteiger partial charge in [0.2, 0.25) is 0 Å². The molecular formula is C16H25NO. The standard InChI is InChI=1S/C16H25NO/c1-12(2)10-13-4-6-14(7-5-13)15(17)16(11-18)8-3-9-16/h4-7,12,15,18H,3,8-11,17H2,1-2H3. The van der Waals surface area contributed by atoms with E-state index in [9.17, 15) is 5.11 Å². The molecule has 0 saturated heterocycles. The van der Waals surface area contributed by atoms with Gasteiger partial charge in [-0.05, 0) is 36.3 Å². The van der Waals surface area contributed by atoms with Crippen molar-refractivity contribution in [2.45, 2.75) is 45.6 Å². The minimum Gasteiger partial charge on any atom is -0.396 e. The summed E-state index contributed by atoms with van der Waals surface area (Å²) < 4.78 is 0. The zero-order chi connectivity index (χ0) is 13.2. The van der Waals surface area contributed by atoms with Crippen molar-refractivity contribution < 1.29 is 5.11 Å². The molecule has 0 heterocycles. The summed E-state index contributed by atoms with van der Waals surface area (Å²) in [7, 11) is 0. The minimum atomic E-state index is -0.0560. The van der Waals surface area contributed by atoms with Crippen molar-refractivity contribution in [3.05, 3.63) is 35.4 Å². The van der Waals surface area contributed by atoms with Crippen LogP contribution < -0.4 is 5.73 Å². The van der Waals surface area contributed by atoms with Crippen LogP contribution >= 0.6 is 0 Å². The van der Waals surface area contributed by atoms with Crippen molar-refractivity contribution >= 4 is 0 Å². The van der Waals surface area contributed by atoms with E-state index in [1.54, 1.807) is 0 Å². The van der Waals surface area contributed by atoms with E-state index in [-0.39, 0.29) is 18.1 Å². The van der Waals surface area contributed by atoms with Crippen LogP contribution in [0.5, 0.6) is 0 Å². The SMILES string of the molecule is CC(C)Cc1ccc(C(N)C2(CO)CCC2)cc1. The normalized spacial score (nSPS) is 19.6. The van der Waals surface area contributed by atoms with E-state index >= 15 is 0 Å². The molecule has 0 bridgehead atoms. The maximum absolute atomic E-state index is 9.56. The molecule has 18 heavy (non-hydrogen) atoms. The van der Waals surface area contributed by atoms with Crippen molar-refractivity contribution in [3.63, 3.8) is 0 Å². The van der Waals surface area contributed by atoms with Crippen LogP contribution in [0.4, 0.5) is 0 Å².